The first-order valence-corrected chi connectivity index (χ1v) is 12.9. The Morgan fingerprint density at radius 1 is 0.972 bits per heavy atom. The van der Waals surface area contributed by atoms with Gasteiger partial charge >= 0.3 is 0 Å². The third kappa shape index (κ3) is 5.18. The molecule has 0 saturated heterocycles. The lowest BCUT2D eigenvalue weighted by Gasteiger charge is -2.46. The van der Waals surface area contributed by atoms with Crippen molar-refractivity contribution < 1.29 is 31.2 Å². The lowest BCUT2D eigenvalue weighted by molar-refractivity contribution is -0.115. The predicted molar refractivity (Wildman–Crippen MR) is 127 cm³/mol. The highest BCUT2D eigenvalue weighted by atomic mass is 32.2. The number of amides is 1. The van der Waals surface area contributed by atoms with Crippen LogP contribution in [0.25, 0.3) is 0 Å². The molecule has 0 unspecified atom stereocenters. The molecular formula is C26H23F3N2O4S. The molecule has 0 aliphatic heterocycles. The van der Waals surface area contributed by atoms with Crippen LogP contribution in [0.15, 0.2) is 71.8 Å². The summed E-state index contributed by atoms with van der Waals surface area (Å²) < 4.78 is 64.8. The van der Waals surface area contributed by atoms with Crippen molar-refractivity contribution >= 4 is 27.2 Å². The first kappa shape index (κ1) is 25.6. The van der Waals surface area contributed by atoms with Crippen molar-refractivity contribution in [1.29, 1.82) is 0 Å². The van der Waals surface area contributed by atoms with Gasteiger partial charge in [-0.1, -0.05) is 31.2 Å². The number of Topliss-reactive ketones (excluding diaryl/α,β-unsaturated/α-hetero) is 1. The minimum absolute atomic E-state index is 0.0180. The van der Waals surface area contributed by atoms with Crippen molar-refractivity contribution in [2.24, 2.45) is 0 Å². The second kappa shape index (κ2) is 9.50. The molecule has 1 aliphatic rings. The number of carbonyl (C=O) groups excluding carboxylic acids is 2. The zero-order valence-corrected chi connectivity index (χ0v) is 20.1. The number of nitrogens with one attached hydrogen (secondary N) is 1. The summed E-state index contributed by atoms with van der Waals surface area (Å²) in [4.78, 5) is 29.9. The van der Waals surface area contributed by atoms with Gasteiger partial charge < -0.3 is 5.32 Å². The molecule has 2 aromatic carbocycles. The fourth-order valence-electron chi connectivity index (χ4n) is 4.32. The molecule has 6 nitrogen and oxygen atoms in total. The molecule has 1 amide bonds. The number of hydrogen-bond acceptors (Lipinski definition) is 5. The zero-order valence-electron chi connectivity index (χ0n) is 19.3. The normalized spacial score (nSPS) is 16.1. The van der Waals surface area contributed by atoms with E-state index >= 15 is 0 Å². The van der Waals surface area contributed by atoms with E-state index in [9.17, 15) is 31.2 Å². The lowest BCUT2D eigenvalue weighted by atomic mass is 9.59. The van der Waals surface area contributed by atoms with Crippen molar-refractivity contribution in [2.45, 2.75) is 42.4 Å². The number of ketones is 1. The van der Waals surface area contributed by atoms with Gasteiger partial charge in [-0.15, -0.1) is 0 Å². The third-order valence-corrected chi connectivity index (χ3v) is 8.01. The van der Waals surface area contributed by atoms with Crippen LogP contribution < -0.4 is 5.32 Å². The number of pyridine rings is 1. The summed E-state index contributed by atoms with van der Waals surface area (Å²) in [6.07, 6.45) is -0.140. The van der Waals surface area contributed by atoms with Crippen molar-refractivity contribution in [2.75, 3.05) is 11.1 Å². The van der Waals surface area contributed by atoms with Crippen LogP contribution >= 0.6 is 0 Å². The molecule has 1 N–H and O–H groups in total. The SMILES string of the molecule is CCS(=O)(=O)c1ccc(CC(=O)Nc2ccc(C(=O)C3(c4ccc(F)cc4)CC(F)(F)C3)nc2)cc1. The quantitative estimate of drug-likeness (QED) is 0.437. The number of alkyl halides is 2. The Morgan fingerprint density at radius 3 is 2.14 bits per heavy atom. The van der Waals surface area contributed by atoms with Crippen LogP contribution in [0.4, 0.5) is 18.9 Å². The van der Waals surface area contributed by atoms with Crippen LogP contribution in [0.2, 0.25) is 0 Å². The van der Waals surface area contributed by atoms with E-state index in [-0.39, 0.29) is 28.7 Å². The summed E-state index contributed by atoms with van der Waals surface area (Å²) in [6, 6.07) is 13.7. The standard InChI is InChI=1S/C26H23F3N2O4S/c1-2-36(34,35)21-10-3-17(4-11-21)13-23(32)31-20-9-12-22(30-14-20)24(33)25(15-26(28,29)16-25)18-5-7-19(27)8-6-18/h3-12,14H,2,13,15-16H2,1H3,(H,31,32). The molecule has 3 aromatic rings. The summed E-state index contributed by atoms with van der Waals surface area (Å²) in [5, 5.41) is 2.64. The Hall–Kier alpha value is -3.53. The molecule has 1 saturated carbocycles. The molecule has 0 spiro atoms. The van der Waals surface area contributed by atoms with Gasteiger partial charge in [0.05, 0.1) is 34.4 Å². The zero-order chi connectivity index (χ0) is 26.1. The molecule has 36 heavy (non-hydrogen) atoms. The highest BCUT2D eigenvalue weighted by Crippen LogP contribution is 2.54. The Bertz CT molecular complexity index is 1380. The summed E-state index contributed by atoms with van der Waals surface area (Å²) >= 11 is 0. The number of hydrogen-bond donors (Lipinski definition) is 1. The van der Waals surface area contributed by atoms with Gasteiger partial charge in [-0.2, -0.15) is 0 Å². The number of aromatic nitrogens is 1. The van der Waals surface area contributed by atoms with Crippen molar-refractivity contribution in [3.63, 3.8) is 0 Å². The predicted octanol–water partition coefficient (Wildman–Crippen LogP) is 4.75. The Morgan fingerprint density at radius 2 is 1.61 bits per heavy atom. The van der Waals surface area contributed by atoms with Crippen LogP contribution in [0.5, 0.6) is 0 Å². The number of rotatable bonds is 8. The molecule has 4 rings (SSSR count). The number of nitrogens with zero attached hydrogens (tertiary/aromatic N) is 1. The van der Waals surface area contributed by atoms with Crippen molar-refractivity contribution in [3.05, 3.63) is 89.5 Å². The molecule has 1 heterocycles. The van der Waals surface area contributed by atoms with E-state index in [1.807, 2.05) is 0 Å². The van der Waals surface area contributed by atoms with Crippen LogP contribution in [0.3, 0.4) is 0 Å². The van der Waals surface area contributed by atoms with Gasteiger partial charge in [0, 0.05) is 12.8 Å². The minimum Gasteiger partial charge on any atom is -0.324 e. The van der Waals surface area contributed by atoms with Crippen LogP contribution in [-0.4, -0.2) is 36.8 Å². The van der Waals surface area contributed by atoms with E-state index in [2.05, 4.69) is 10.3 Å². The number of sulfone groups is 1. The molecule has 1 fully saturated rings. The highest BCUT2D eigenvalue weighted by molar-refractivity contribution is 7.91. The van der Waals surface area contributed by atoms with Gasteiger partial charge in [-0.3, -0.25) is 14.6 Å². The van der Waals surface area contributed by atoms with E-state index in [1.54, 1.807) is 19.1 Å². The molecule has 0 bridgehead atoms. The maximum Gasteiger partial charge on any atom is 0.250 e. The fraction of sp³-hybridized carbons (Fsp3) is 0.269. The number of benzene rings is 2. The second-order valence-corrected chi connectivity index (χ2v) is 11.1. The van der Waals surface area contributed by atoms with Crippen molar-refractivity contribution in [3.8, 4) is 0 Å². The highest BCUT2D eigenvalue weighted by Gasteiger charge is 2.61. The smallest absolute Gasteiger partial charge is 0.250 e. The largest absolute Gasteiger partial charge is 0.324 e. The van der Waals surface area contributed by atoms with Crippen LogP contribution in [0.1, 0.15) is 41.4 Å². The van der Waals surface area contributed by atoms with E-state index < -0.39 is 45.6 Å². The summed E-state index contributed by atoms with van der Waals surface area (Å²) in [7, 11) is -3.33. The maximum atomic E-state index is 13.8. The topological polar surface area (TPSA) is 93.2 Å². The van der Waals surface area contributed by atoms with E-state index in [0.29, 0.717) is 16.8 Å². The molecule has 0 atom stereocenters. The van der Waals surface area contributed by atoms with Gasteiger partial charge in [0.1, 0.15) is 11.5 Å². The summed E-state index contributed by atoms with van der Waals surface area (Å²) in [6.45, 7) is 1.55. The van der Waals surface area contributed by atoms with Gasteiger partial charge in [-0.25, -0.2) is 21.6 Å². The summed E-state index contributed by atoms with van der Waals surface area (Å²) in [5.41, 5.74) is -0.324. The molecule has 1 aliphatic carbocycles. The van der Waals surface area contributed by atoms with Gasteiger partial charge in [0.2, 0.25) is 5.91 Å². The summed E-state index contributed by atoms with van der Waals surface area (Å²) in [5.74, 6) is -4.54. The molecule has 0 radical (unpaired) electrons. The monoisotopic (exact) mass is 516 g/mol. The van der Waals surface area contributed by atoms with Gasteiger partial charge in [0.15, 0.2) is 15.6 Å². The number of anilines is 1. The van der Waals surface area contributed by atoms with Gasteiger partial charge in [0.25, 0.3) is 5.92 Å². The van der Waals surface area contributed by atoms with Crippen LogP contribution in [0, 0.1) is 5.82 Å². The maximum absolute atomic E-state index is 13.8. The third-order valence-electron chi connectivity index (χ3n) is 6.26. The lowest BCUT2D eigenvalue weighted by Crippen LogP contribution is -2.54. The number of halogens is 3. The Labute approximate surface area is 206 Å². The average molecular weight is 517 g/mol. The molecular weight excluding hydrogens is 493 g/mol. The Kier molecular flexibility index (Phi) is 6.74. The molecule has 188 valence electrons. The van der Waals surface area contributed by atoms with Crippen LogP contribution in [-0.2, 0) is 26.5 Å². The number of carbonyl (C=O) groups is 2. The molecule has 10 heteroatoms. The molecule has 1 aromatic heterocycles. The fourth-order valence-corrected chi connectivity index (χ4v) is 5.20. The van der Waals surface area contributed by atoms with Crippen molar-refractivity contribution in [1.82, 2.24) is 4.98 Å². The first-order chi connectivity index (χ1) is 16.9. The van der Waals surface area contributed by atoms with E-state index in [4.69, 9.17) is 0 Å². The average Bonchev–Trinajstić information content (AvgIpc) is 2.83. The van der Waals surface area contributed by atoms with E-state index in [1.165, 1.54) is 42.6 Å². The minimum atomic E-state index is -3.33. The van der Waals surface area contributed by atoms with Gasteiger partial charge in [-0.05, 0) is 47.5 Å². The Balaban J connectivity index is 1.44. The second-order valence-electron chi connectivity index (χ2n) is 8.83. The first-order valence-electron chi connectivity index (χ1n) is 11.2. The van der Waals surface area contributed by atoms with E-state index in [0.717, 1.165) is 12.1 Å².